The van der Waals surface area contributed by atoms with Gasteiger partial charge in [-0.25, -0.2) is 0 Å². The maximum absolute atomic E-state index is 11.8. The SMILES string of the molecule is CC(=O)N[C@H]1CCC2[C@H]3Cc4c(CCC(=O)O)cc(O)c5c4[C@@]2(CC[NH2+]3)[C@H]1O5. The Morgan fingerprint density at radius 2 is 2.21 bits per heavy atom. The first kappa shape index (κ1) is 17.8. The number of carboxylic acids is 1. The number of piperidine rings is 1. The first-order chi connectivity index (χ1) is 13.4. The number of hydrogen-bond acceptors (Lipinski definition) is 4. The zero-order valence-corrected chi connectivity index (χ0v) is 16.0. The third-order valence-electron chi connectivity index (χ3n) is 7.47. The minimum Gasteiger partial charge on any atom is -0.504 e. The Balaban J connectivity index is 1.66. The van der Waals surface area contributed by atoms with E-state index in [0.717, 1.165) is 43.4 Å². The van der Waals surface area contributed by atoms with Gasteiger partial charge in [0.1, 0.15) is 6.10 Å². The highest BCUT2D eigenvalue weighted by molar-refractivity contribution is 5.74. The average molecular weight is 387 g/mol. The van der Waals surface area contributed by atoms with E-state index in [1.165, 1.54) is 12.5 Å². The number of rotatable bonds is 4. The smallest absolute Gasteiger partial charge is 0.303 e. The number of quaternary nitrogens is 1. The Morgan fingerprint density at radius 1 is 1.39 bits per heavy atom. The van der Waals surface area contributed by atoms with Crippen LogP contribution in [0.2, 0.25) is 0 Å². The molecule has 28 heavy (non-hydrogen) atoms. The summed E-state index contributed by atoms with van der Waals surface area (Å²) in [6, 6.07) is 2.09. The van der Waals surface area contributed by atoms with E-state index >= 15 is 0 Å². The lowest BCUT2D eigenvalue weighted by atomic mass is 9.51. The first-order valence-corrected chi connectivity index (χ1v) is 10.3. The number of carboxylic acid groups (broad SMARTS) is 1. The van der Waals surface area contributed by atoms with Crippen molar-refractivity contribution in [3.8, 4) is 11.5 Å². The largest absolute Gasteiger partial charge is 0.504 e. The van der Waals surface area contributed by atoms with E-state index in [1.807, 2.05) is 0 Å². The van der Waals surface area contributed by atoms with E-state index in [-0.39, 0.29) is 35.6 Å². The zero-order chi connectivity index (χ0) is 19.6. The van der Waals surface area contributed by atoms with E-state index in [2.05, 4.69) is 10.6 Å². The highest BCUT2D eigenvalue weighted by atomic mass is 16.5. The number of carbonyl (C=O) groups excluding carboxylic acids is 1. The summed E-state index contributed by atoms with van der Waals surface area (Å²) in [6.07, 6.45) is 4.07. The van der Waals surface area contributed by atoms with E-state index in [1.54, 1.807) is 6.07 Å². The molecule has 1 saturated heterocycles. The minimum absolute atomic E-state index is 0.0504. The average Bonchev–Trinajstić information content (AvgIpc) is 2.97. The maximum atomic E-state index is 11.8. The van der Waals surface area contributed by atoms with Crippen molar-refractivity contribution in [2.45, 2.75) is 69.1 Å². The van der Waals surface area contributed by atoms with Gasteiger partial charge in [-0.2, -0.15) is 0 Å². The van der Waals surface area contributed by atoms with Crippen LogP contribution in [0.4, 0.5) is 0 Å². The fraction of sp³-hybridized carbons (Fsp3) is 0.619. The molecule has 2 aliphatic heterocycles. The second-order valence-corrected chi connectivity index (χ2v) is 8.84. The lowest BCUT2D eigenvalue weighted by molar-refractivity contribution is -0.711. The Labute approximate surface area is 163 Å². The molecule has 1 amide bonds. The molecule has 5 rings (SSSR count). The molecule has 7 heteroatoms. The van der Waals surface area contributed by atoms with Crippen molar-refractivity contribution in [3.05, 3.63) is 22.8 Å². The van der Waals surface area contributed by atoms with Crippen LogP contribution in [-0.2, 0) is 27.8 Å². The van der Waals surface area contributed by atoms with E-state index < -0.39 is 5.97 Å². The van der Waals surface area contributed by atoms with Crippen LogP contribution in [-0.4, -0.2) is 46.8 Å². The van der Waals surface area contributed by atoms with Gasteiger partial charge in [-0.15, -0.1) is 0 Å². The molecule has 2 aliphatic carbocycles. The minimum atomic E-state index is -0.830. The molecule has 0 aromatic heterocycles. The highest BCUT2D eigenvalue weighted by Gasteiger charge is 2.66. The summed E-state index contributed by atoms with van der Waals surface area (Å²) in [5.74, 6) is 0.251. The number of nitrogens with one attached hydrogen (secondary N) is 1. The molecule has 0 radical (unpaired) electrons. The molecular weight excluding hydrogens is 360 g/mol. The molecule has 5 N–H and O–H groups in total. The van der Waals surface area contributed by atoms with Gasteiger partial charge in [-0.05, 0) is 36.5 Å². The van der Waals surface area contributed by atoms with Gasteiger partial charge in [0.25, 0.3) is 0 Å². The molecule has 2 fully saturated rings. The molecule has 150 valence electrons. The highest BCUT2D eigenvalue weighted by Crippen LogP contribution is 2.62. The number of hydrogen-bond donors (Lipinski definition) is 4. The molecule has 7 nitrogen and oxygen atoms in total. The van der Waals surface area contributed by atoms with E-state index in [9.17, 15) is 14.7 Å². The number of ether oxygens (including phenoxy) is 1. The van der Waals surface area contributed by atoms with Gasteiger partial charge < -0.3 is 25.6 Å². The van der Waals surface area contributed by atoms with Crippen LogP contribution < -0.4 is 15.4 Å². The van der Waals surface area contributed by atoms with Crippen molar-refractivity contribution in [2.75, 3.05) is 6.54 Å². The number of carbonyl (C=O) groups is 2. The van der Waals surface area contributed by atoms with Crippen LogP contribution in [0.15, 0.2) is 6.07 Å². The second-order valence-electron chi connectivity index (χ2n) is 8.84. The summed E-state index contributed by atoms with van der Waals surface area (Å²) < 4.78 is 6.41. The molecule has 1 spiro atoms. The van der Waals surface area contributed by atoms with E-state index in [4.69, 9.17) is 9.84 Å². The van der Waals surface area contributed by atoms with Crippen LogP contribution in [0.25, 0.3) is 0 Å². The van der Waals surface area contributed by atoms with Crippen molar-refractivity contribution in [3.63, 3.8) is 0 Å². The van der Waals surface area contributed by atoms with Crippen molar-refractivity contribution in [2.24, 2.45) is 5.92 Å². The number of nitrogens with two attached hydrogens (primary N) is 1. The molecule has 1 saturated carbocycles. The third-order valence-corrected chi connectivity index (χ3v) is 7.47. The number of aromatic hydroxyl groups is 1. The molecule has 1 unspecified atom stereocenters. The molecule has 4 aliphatic rings. The van der Waals surface area contributed by atoms with Crippen molar-refractivity contribution < 1.29 is 29.9 Å². The van der Waals surface area contributed by atoms with Gasteiger partial charge in [0.2, 0.25) is 5.91 Å². The zero-order valence-electron chi connectivity index (χ0n) is 16.0. The van der Waals surface area contributed by atoms with Gasteiger partial charge in [-0.1, -0.05) is 0 Å². The summed E-state index contributed by atoms with van der Waals surface area (Å²) in [5.41, 5.74) is 3.03. The lowest BCUT2D eigenvalue weighted by Gasteiger charge is -2.55. The molecule has 5 atom stereocenters. The number of phenolic OH excluding ortho intramolecular Hbond substituents is 1. The topological polar surface area (TPSA) is 112 Å². The molecular formula is C21H27N2O5+. The van der Waals surface area contributed by atoms with Gasteiger partial charge >= 0.3 is 5.97 Å². The molecule has 1 aromatic rings. The Bertz CT molecular complexity index is 869. The summed E-state index contributed by atoms with van der Waals surface area (Å²) >= 11 is 0. The molecule has 2 bridgehead atoms. The van der Waals surface area contributed by atoms with Gasteiger partial charge in [-0.3, -0.25) is 9.59 Å². The number of aliphatic carboxylic acids is 1. The van der Waals surface area contributed by atoms with Gasteiger partial charge in [0.15, 0.2) is 11.5 Å². The van der Waals surface area contributed by atoms with Crippen LogP contribution in [0.3, 0.4) is 0 Å². The maximum Gasteiger partial charge on any atom is 0.303 e. The first-order valence-electron chi connectivity index (χ1n) is 10.3. The van der Waals surface area contributed by atoms with Crippen LogP contribution >= 0.6 is 0 Å². The van der Waals surface area contributed by atoms with Crippen LogP contribution in [0.1, 0.15) is 49.3 Å². The Kier molecular flexibility index (Phi) is 3.88. The van der Waals surface area contributed by atoms with Crippen molar-refractivity contribution in [1.82, 2.24) is 5.32 Å². The normalized spacial score (nSPS) is 34.3. The Hall–Kier alpha value is -2.28. The van der Waals surface area contributed by atoms with Crippen molar-refractivity contribution in [1.29, 1.82) is 0 Å². The van der Waals surface area contributed by atoms with Crippen LogP contribution in [0, 0.1) is 5.92 Å². The van der Waals surface area contributed by atoms with E-state index in [0.29, 0.717) is 24.1 Å². The number of aryl methyl sites for hydroxylation is 1. The summed E-state index contributed by atoms with van der Waals surface area (Å²) in [7, 11) is 0. The van der Waals surface area contributed by atoms with Crippen molar-refractivity contribution >= 4 is 11.9 Å². The van der Waals surface area contributed by atoms with Crippen LogP contribution in [0.5, 0.6) is 11.5 Å². The number of amides is 1. The number of benzene rings is 1. The lowest BCUT2D eigenvalue weighted by Crippen LogP contribution is -2.97. The molecule has 1 aromatic carbocycles. The molecule has 2 heterocycles. The Morgan fingerprint density at radius 3 is 2.96 bits per heavy atom. The summed E-state index contributed by atoms with van der Waals surface area (Å²) in [5, 5.41) is 25.4. The standard InChI is InChI=1S/C21H26N2O5/c1-10(24)23-14-4-3-13-15-9-12-11(2-5-17(26)27)8-16(25)19-18(12)21(13,6-7-22-15)20(14)28-19/h8,13-15,20,22,25H,2-7,9H2,1H3,(H,23,24)(H,26,27)/p+1/t13?,14-,15+,20-,21-/m0/s1. The monoisotopic (exact) mass is 387 g/mol. The number of phenols is 1. The predicted octanol–water partition coefficient (Wildman–Crippen LogP) is 0.215. The summed E-state index contributed by atoms with van der Waals surface area (Å²) in [4.78, 5) is 22.9. The second kappa shape index (κ2) is 6.11. The quantitative estimate of drug-likeness (QED) is 0.590. The predicted molar refractivity (Wildman–Crippen MR) is 99.4 cm³/mol. The summed E-state index contributed by atoms with van der Waals surface area (Å²) in [6.45, 7) is 2.55. The van der Waals surface area contributed by atoms with Gasteiger partial charge in [0, 0.05) is 37.7 Å². The third kappa shape index (κ3) is 2.32. The van der Waals surface area contributed by atoms with Gasteiger partial charge in [0.05, 0.1) is 24.0 Å². The fourth-order valence-corrected chi connectivity index (χ4v) is 6.65. The fourth-order valence-electron chi connectivity index (χ4n) is 6.65.